The molecule has 1 saturated heterocycles. The molecule has 0 saturated carbocycles. The zero-order valence-corrected chi connectivity index (χ0v) is 19.1. The Hall–Kier alpha value is -2.45. The van der Waals surface area contributed by atoms with E-state index in [1.807, 2.05) is 32.0 Å². The van der Waals surface area contributed by atoms with Crippen LogP contribution in [0, 0.1) is 0 Å². The Morgan fingerprint density at radius 1 is 1.16 bits per heavy atom. The first-order chi connectivity index (χ1) is 15.1. The lowest BCUT2D eigenvalue weighted by Gasteiger charge is -2.30. The second kappa shape index (κ2) is 9.78. The Morgan fingerprint density at radius 2 is 1.84 bits per heavy atom. The van der Waals surface area contributed by atoms with Gasteiger partial charge in [-0.3, -0.25) is 14.1 Å². The summed E-state index contributed by atoms with van der Waals surface area (Å²) in [5, 5.41) is 0. The molecule has 0 radical (unpaired) electrons. The van der Waals surface area contributed by atoms with Crippen LogP contribution in [0.1, 0.15) is 44.1 Å². The number of piperidine rings is 1. The Morgan fingerprint density at radius 3 is 2.42 bits per heavy atom. The number of nitrogens with zero attached hydrogens (tertiary/aromatic N) is 3. The highest BCUT2D eigenvalue weighted by Crippen LogP contribution is 2.35. The number of aromatic nitrogens is 2. The van der Waals surface area contributed by atoms with E-state index in [-0.39, 0.29) is 0 Å². The molecule has 1 aliphatic rings. The summed E-state index contributed by atoms with van der Waals surface area (Å²) < 4.78 is 29.8. The van der Waals surface area contributed by atoms with Gasteiger partial charge < -0.3 is 13.9 Å². The van der Waals surface area contributed by atoms with Gasteiger partial charge in [-0.1, -0.05) is 0 Å². The van der Waals surface area contributed by atoms with Gasteiger partial charge in [0.25, 0.3) is 0 Å². The SMILES string of the molecule is CCOc1cc(CN2CCC(c3nc4ccncc4o3)CC2)cc(OCC)c1S(C)=O. The largest absolute Gasteiger partial charge is 0.492 e. The average Bonchev–Trinajstić information content (AvgIpc) is 3.19. The van der Waals surface area contributed by atoms with Gasteiger partial charge in [-0.25, -0.2) is 4.98 Å². The molecule has 31 heavy (non-hydrogen) atoms. The number of fused-ring (bicyclic) bond motifs is 1. The highest BCUT2D eigenvalue weighted by molar-refractivity contribution is 7.84. The smallest absolute Gasteiger partial charge is 0.198 e. The first-order valence-electron chi connectivity index (χ1n) is 10.8. The number of rotatable bonds is 8. The van der Waals surface area contributed by atoms with Crippen molar-refractivity contribution in [2.45, 2.75) is 44.0 Å². The molecule has 1 atom stereocenters. The molecule has 0 spiro atoms. The molecule has 3 aromatic rings. The minimum atomic E-state index is -1.19. The first-order valence-corrected chi connectivity index (χ1v) is 12.3. The molecule has 0 N–H and O–H groups in total. The molecular formula is C23H29N3O4S. The van der Waals surface area contributed by atoms with Gasteiger partial charge in [0.2, 0.25) is 0 Å². The zero-order chi connectivity index (χ0) is 21.8. The highest BCUT2D eigenvalue weighted by atomic mass is 32.2. The lowest BCUT2D eigenvalue weighted by Crippen LogP contribution is -2.32. The summed E-state index contributed by atoms with van der Waals surface area (Å²) in [6.07, 6.45) is 7.11. The Kier molecular flexibility index (Phi) is 6.87. The molecule has 8 heteroatoms. The fourth-order valence-electron chi connectivity index (χ4n) is 4.10. The predicted octanol–water partition coefficient (Wildman–Crippen LogP) is 4.14. The Labute approximate surface area is 185 Å². The number of pyridine rings is 1. The van der Waals surface area contributed by atoms with Crippen molar-refractivity contribution in [2.75, 3.05) is 32.6 Å². The monoisotopic (exact) mass is 443 g/mol. The third-order valence-corrected chi connectivity index (χ3v) is 6.50. The number of oxazole rings is 1. The van der Waals surface area contributed by atoms with E-state index >= 15 is 0 Å². The van der Waals surface area contributed by atoms with E-state index < -0.39 is 10.8 Å². The fourth-order valence-corrected chi connectivity index (χ4v) is 4.90. The van der Waals surface area contributed by atoms with Crippen LogP contribution in [-0.4, -0.2) is 51.6 Å². The number of hydrogen-bond acceptors (Lipinski definition) is 7. The van der Waals surface area contributed by atoms with Gasteiger partial charge in [0.05, 0.1) is 30.2 Å². The van der Waals surface area contributed by atoms with Crippen molar-refractivity contribution in [3.8, 4) is 11.5 Å². The van der Waals surface area contributed by atoms with Gasteiger partial charge >= 0.3 is 0 Å². The normalized spacial score (nSPS) is 16.5. The number of hydrogen-bond donors (Lipinski definition) is 0. The van der Waals surface area contributed by atoms with E-state index in [4.69, 9.17) is 13.9 Å². The molecule has 3 heterocycles. The zero-order valence-electron chi connectivity index (χ0n) is 18.3. The van der Waals surface area contributed by atoms with Crippen LogP contribution in [0.3, 0.4) is 0 Å². The van der Waals surface area contributed by atoms with Gasteiger partial charge in [0, 0.05) is 24.9 Å². The van der Waals surface area contributed by atoms with Gasteiger partial charge in [0.15, 0.2) is 11.5 Å². The average molecular weight is 444 g/mol. The summed E-state index contributed by atoms with van der Waals surface area (Å²) in [5.74, 6) is 2.44. The van der Waals surface area contributed by atoms with Crippen LogP contribution in [0.15, 0.2) is 39.9 Å². The van der Waals surface area contributed by atoms with Crippen molar-refractivity contribution in [1.82, 2.24) is 14.9 Å². The second-order valence-electron chi connectivity index (χ2n) is 7.69. The summed E-state index contributed by atoms with van der Waals surface area (Å²) in [4.78, 5) is 11.8. The molecule has 0 aliphatic carbocycles. The quantitative estimate of drug-likeness (QED) is 0.518. The molecular weight excluding hydrogens is 414 g/mol. The van der Waals surface area contributed by atoms with E-state index in [1.165, 1.54) is 0 Å². The third kappa shape index (κ3) is 4.91. The third-order valence-electron chi connectivity index (χ3n) is 5.52. The second-order valence-corrected chi connectivity index (χ2v) is 9.00. The van der Waals surface area contributed by atoms with Crippen LogP contribution in [0.5, 0.6) is 11.5 Å². The summed E-state index contributed by atoms with van der Waals surface area (Å²) >= 11 is 0. The van der Waals surface area contributed by atoms with E-state index in [1.54, 1.807) is 18.6 Å². The molecule has 0 bridgehead atoms. The molecule has 7 nitrogen and oxygen atoms in total. The van der Waals surface area contributed by atoms with Crippen LogP contribution in [0.25, 0.3) is 11.1 Å². The van der Waals surface area contributed by atoms with Crippen LogP contribution >= 0.6 is 0 Å². The summed E-state index contributed by atoms with van der Waals surface area (Å²) in [7, 11) is -1.19. The van der Waals surface area contributed by atoms with Crippen molar-refractivity contribution in [3.05, 3.63) is 42.0 Å². The molecule has 0 amide bonds. The Balaban J connectivity index is 1.46. The fraction of sp³-hybridized carbons (Fsp3) is 0.478. The van der Waals surface area contributed by atoms with Crippen molar-refractivity contribution >= 4 is 21.9 Å². The molecule has 1 unspecified atom stereocenters. The lowest BCUT2D eigenvalue weighted by atomic mass is 9.96. The molecule has 4 rings (SSSR count). The topological polar surface area (TPSA) is 77.7 Å². The van der Waals surface area contributed by atoms with Crippen molar-refractivity contribution < 1.29 is 18.1 Å². The molecule has 1 aliphatic heterocycles. The maximum atomic E-state index is 12.3. The molecule has 2 aromatic heterocycles. The minimum absolute atomic E-state index is 0.325. The molecule has 166 valence electrons. The van der Waals surface area contributed by atoms with Gasteiger partial charge in [0.1, 0.15) is 21.9 Å². The van der Waals surface area contributed by atoms with Crippen LogP contribution in [0.2, 0.25) is 0 Å². The summed E-state index contributed by atoms with van der Waals surface area (Å²) in [5.41, 5.74) is 2.72. The number of likely N-dealkylation sites (tertiary alicyclic amines) is 1. The highest BCUT2D eigenvalue weighted by Gasteiger charge is 2.25. The van der Waals surface area contributed by atoms with Gasteiger partial charge in [-0.15, -0.1) is 0 Å². The summed E-state index contributed by atoms with van der Waals surface area (Å²) in [6.45, 7) is 7.61. The standard InChI is InChI=1S/C23H29N3O4S/c1-4-28-19-12-16(13-20(29-5-2)22(19)31(3)27)15-26-10-7-17(8-11-26)23-25-18-6-9-24-14-21(18)30-23/h6,9,12-14,17H,4-5,7-8,10-11,15H2,1-3H3. The predicted molar refractivity (Wildman–Crippen MR) is 120 cm³/mol. The van der Waals surface area contributed by atoms with Crippen LogP contribution < -0.4 is 9.47 Å². The van der Waals surface area contributed by atoms with Crippen molar-refractivity contribution in [3.63, 3.8) is 0 Å². The van der Waals surface area contributed by atoms with E-state index in [2.05, 4.69) is 14.9 Å². The van der Waals surface area contributed by atoms with Crippen molar-refractivity contribution in [1.29, 1.82) is 0 Å². The van der Waals surface area contributed by atoms with Crippen molar-refractivity contribution in [2.24, 2.45) is 0 Å². The van der Waals surface area contributed by atoms with E-state index in [9.17, 15) is 4.21 Å². The number of benzene rings is 1. The maximum absolute atomic E-state index is 12.3. The van der Waals surface area contributed by atoms with Gasteiger partial charge in [-0.2, -0.15) is 0 Å². The van der Waals surface area contributed by atoms with Crippen LogP contribution in [-0.2, 0) is 17.3 Å². The minimum Gasteiger partial charge on any atom is -0.492 e. The molecule has 1 fully saturated rings. The Bertz CT molecular complexity index is 1000. The first kappa shape index (κ1) is 21.8. The van der Waals surface area contributed by atoms with E-state index in [0.29, 0.717) is 35.5 Å². The van der Waals surface area contributed by atoms with Gasteiger partial charge in [-0.05, 0) is 63.5 Å². The number of ether oxygens (including phenoxy) is 2. The van der Waals surface area contributed by atoms with E-state index in [0.717, 1.165) is 55.0 Å². The van der Waals surface area contributed by atoms with Crippen LogP contribution in [0.4, 0.5) is 0 Å². The maximum Gasteiger partial charge on any atom is 0.198 e. The summed E-state index contributed by atoms with van der Waals surface area (Å²) in [6, 6.07) is 5.89. The molecule has 1 aromatic carbocycles. The lowest BCUT2D eigenvalue weighted by molar-refractivity contribution is 0.193.